The largest absolute Gasteiger partial charge is 0.482 e. The van der Waals surface area contributed by atoms with Crippen molar-refractivity contribution in [2.45, 2.75) is 19.4 Å². The van der Waals surface area contributed by atoms with Crippen LogP contribution < -0.4 is 15.0 Å². The number of ether oxygens (including phenoxy) is 1. The lowest BCUT2D eigenvalue weighted by Crippen LogP contribution is -2.41. The van der Waals surface area contributed by atoms with Gasteiger partial charge in [-0.3, -0.25) is 9.59 Å². The summed E-state index contributed by atoms with van der Waals surface area (Å²) in [5, 5.41) is 3.60. The Kier molecular flexibility index (Phi) is 5.24. The second-order valence-corrected chi connectivity index (χ2v) is 6.33. The number of carbonyl (C=O) groups excluding carboxylic acids is 2. The molecule has 2 aromatic rings. The molecule has 0 aliphatic carbocycles. The number of hydrogen-bond donors (Lipinski definition) is 1. The van der Waals surface area contributed by atoms with Crippen LogP contribution in [0.25, 0.3) is 0 Å². The van der Waals surface area contributed by atoms with E-state index in [1.807, 2.05) is 43.3 Å². The fraction of sp³-hybridized carbons (Fsp3) is 0.263. The number of para-hydroxylation sites is 2. The number of benzene rings is 2. The number of amides is 2. The predicted molar refractivity (Wildman–Crippen MR) is 96.9 cm³/mol. The molecule has 1 heterocycles. The van der Waals surface area contributed by atoms with Crippen LogP contribution in [-0.2, 0) is 9.59 Å². The average Bonchev–Trinajstić information content (AvgIpc) is 2.61. The number of carbonyl (C=O) groups is 2. The van der Waals surface area contributed by atoms with E-state index in [9.17, 15) is 9.59 Å². The van der Waals surface area contributed by atoms with Gasteiger partial charge >= 0.3 is 0 Å². The summed E-state index contributed by atoms with van der Waals surface area (Å²) >= 11 is 5.88. The van der Waals surface area contributed by atoms with Gasteiger partial charge in [0.1, 0.15) is 5.75 Å². The second-order valence-electron chi connectivity index (χ2n) is 5.89. The van der Waals surface area contributed by atoms with E-state index >= 15 is 0 Å². The first-order valence-corrected chi connectivity index (χ1v) is 8.49. The van der Waals surface area contributed by atoms with Crippen molar-refractivity contribution in [3.8, 4) is 5.75 Å². The van der Waals surface area contributed by atoms with E-state index < -0.39 is 0 Å². The third kappa shape index (κ3) is 4.12. The third-order valence-corrected chi connectivity index (χ3v) is 4.37. The van der Waals surface area contributed by atoms with Crippen LogP contribution in [0.15, 0.2) is 48.5 Å². The van der Waals surface area contributed by atoms with Gasteiger partial charge in [-0.05, 0) is 36.8 Å². The Bertz CT molecular complexity index is 776. The molecule has 0 aromatic heterocycles. The van der Waals surface area contributed by atoms with Gasteiger partial charge in [-0.25, -0.2) is 0 Å². The van der Waals surface area contributed by atoms with Gasteiger partial charge in [0.15, 0.2) is 6.61 Å². The summed E-state index contributed by atoms with van der Waals surface area (Å²) in [6.45, 7) is 2.23. The zero-order valence-electron chi connectivity index (χ0n) is 13.9. The van der Waals surface area contributed by atoms with Crippen LogP contribution in [0.5, 0.6) is 5.75 Å². The highest BCUT2D eigenvalue weighted by molar-refractivity contribution is 6.30. The number of nitrogens with one attached hydrogen (secondary N) is 1. The first-order valence-electron chi connectivity index (χ1n) is 8.11. The molecule has 6 heteroatoms. The quantitative estimate of drug-likeness (QED) is 0.891. The molecule has 5 nitrogen and oxygen atoms in total. The van der Waals surface area contributed by atoms with Gasteiger partial charge < -0.3 is 15.0 Å². The Labute approximate surface area is 151 Å². The van der Waals surface area contributed by atoms with Crippen LogP contribution in [0.3, 0.4) is 0 Å². The Morgan fingerprint density at radius 2 is 1.96 bits per heavy atom. The average molecular weight is 359 g/mol. The van der Waals surface area contributed by atoms with Gasteiger partial charge in [0.2, 0.25) is 5.91 Å². The predicted octanol–water partition coefficient (Wildman–Crippen LogP) is 3.33. The van der Waals surface area contributed by atoms with Crippen molar-refractivity contribution in [3.05, 3.63) is 59.1 Å². The number of hydrogen-bond acceptors (Lipinski definition) is 3. The van der Waals surface area contributed by atoms with Crippen LogP contribution in [0.2, 0.25) is 5.02 Å². The van der Waals surface area contributed by atoms with E-state index in [0.717, 1.165) is 5.56 Å². The summed E-state index contributed by atoms with van der Waals surface area (Å²) in [6, 6.07) is 14.6. The lowest BCUT2D eigenvalue weighted by molar-refractivity contribution is -0.122. The minimum absolute atomic E-state index is 0.000189. The zero-order chi connectivity index (χ0) is 17.8. The summed E-state index contributed by atoms with van der Waals surface area (Å²) in [5.74, 6) is 0.411. The van der Waals surface area contributed by atoms with Crippen molar-refractivity contribution in [1.29, 1.82) is 0 Å². The van der Waals surface area contributed by atoms with Gasteiger partial charge in [-0.1, -0.05) is 35.9 Å². The van der Waals surface area contributed by atoms with E-state index in [2.05, 4.69) is 5.32 Å². The first kappa shape index (κ1) is 17.3. The van der Waals surface area contributed by atoms with Gasteiger partial charge in [-0.15, -0.1) is 0 Å². The van der Waals surface area contributed by atoms with E-state index in [-0.39, 0.29) is 30.9 Å². The van der Waals surface area contributed by atoms with Crippen LogP contribution in [0.1, 0.15) is 24.9 Å². The van der Waals surface area contributed by atoms with Crippen molar-refractivity contribution in [2.75, 3.05) is 18.1 Å². The van der Waals surface area contributed by atoms with Gasteiger partial charge in [-0.2, -0.15) is 0 Å². The molecule has 0 fully saturated rings. The molecule has 2 aromatic carbocycles. The van der Waals surface area contributed by atoms with Crippen molar-refractivity contribution < 1.29 is 14.3 Å². The fourth-order valence-corrected chi connectivity index (χ4v) is 2.89. The summed E-state index contributed by atoms with van der Waals surface area (Å²) in [6.07, 6.45) is 0.220. The Morgan fingerprint density at radius 3 is 2.72 bits per heavy atom. The minimum atomic E-state index is -0.141. The normalized spacial score (nSPS) is 14.5. The Morgan fingerprint density at radius 1 is 1.24 bits per heavy atom. The van der Waals surface area contributed by atoms with Crippen molar-refractivity contribution in [3.63, 3.8) is 0 Å². The molecule has 0 saturated heterocycles. The number of nitrogens with zero attached hydrogens (tertiary/aromatic N) is 1. The minimum Gasteiger partial charge on any atom is -0.482 e. The summed E-state index contributed by atoms with van der Waals surface area (Å²) < 4.78 is 5.40. The maximum Gasteiger partial charge on any atom is 0.265 e. The maximum absolute atomic E-state index is 12.2. The summed E-state index contributed by atoms with van der Waals surface area (Å²) in [4.78, 5) is 26.0. The molecule has 1 aliphatic heterocycles. The highest BCUT2D eigenvalue weighted by atomic mass is 35.5. The molecule has 0 radical (unpaired) electrons. The fourth-order valence-electron chi connectivity index (χ4n) is 2.76. The molecule has 0 saturated carbocycles. The van der Waals surface area contributed by atoms with Crippen molar-refractivity contribution in [2.24, 2.45) is 0 Å². The number of rotatable bonds is 5. The molecular weight excluding hydrogens is 340 g/mol. The SMILES string of the molecule is C[C@@H](NC(=O)CCN1C(=O)COc2ccccc21)c1ccc(Cl)cc1. The van der Waals surface area contributed by atoms with Gasteiger partial charge in [0.05, 0.1) is 11.7 Å². The molecule has 130 valence electrons. The molecule has 2 amide bonds. The van der Waals surface area contributed by atoms with Crippen LogP contribution >= 0.6 is 11.6 Å². The standard InChI is InChI=1S/C19H19ClN2O3/c1-13(14-6-8-15(20)9-7-14)21-18(23)10-11-22-16-4-2-3-5-17(16)25-12-19(22)24/h2-9,13H,10-12H2,1H3,(H,21,23)/t13-/m1/s1. The van der Waals surface area contributed by atoms with Crippen molar-refractivity contribution >= 4 is 29.1 Å². The molecule has 1 aliphatic rings. The highest BCUT2D eigenvalue weighted by Crippen LogP contribution is 2.31. The number of fused-ring (bicyclic) bond motifs is 1. The van der Waals surface area contributed by atoms with Gasteiger partial charge in [0, 0.05) is 18.0 Å². The van der Waals surface area contributed by atoms with E-state index in [4.69, 9.17) is 16.3 Å². The summed E-state index contributed by atoms with van der Waals surface area (Å²) in [7, 11) is 0. The lowest BCUT2D eigenvalue weighted by Gasteiger charge is -2.29. The Hall–Kier alpha value is -2.53. The molecule has 3 rings (SSSR count). The lowest BCUT2D eigenvalue weighted by atomic mass is 10.1. The third-order valence-electron chi connectivity index (χ3n) is 4.12. The van der Waals surface area contributed by atoms with Crippen LogP contribution in [-0.4, -0.2) is 25.0 Å². The second kappa shape index (κ2) is 7.57. The molecular formula is C19H19ClN2O3. The highest BCUT2D eigenvalue weighted by Gasteiger charge is 2.25. The number of halogens is 1. The van der Waals surface area contributed by atoms with Crippen LogP contribution in [0, 0.1) is 0 Å². The smallest absolute Gasteiger partial charge is 0.265 e. The topological polar surface area (TPSA) is 58.6 Å². The first-order chi connectivity index (χ1) is 12.0. The monoisotopic (exact) mass is 358 g/mol. The van der Waals surface area contributed by atoms with Crippen LogP contribution in [0.4, 0.5) is 5.69 Å². The Balaban J connectivity index is 1.59. The molecule has 1 atom stereocenters. The molecule has 0 spiro atoms. The molecule has 0 unspecified atom stereocenters. The van der Waals surface area contributed by atoms with Gasteiger partial charge in [0.25, 0.3) is 5.91 Å². The number of anilines is 1. The maximum atomic E-state index is 12.2. The van der Waals surface area contributed by atoms with Crippen molar-refractivity contribution in [1.82, 2.24) is 5.32 Å². The van der Waals surface area contributed by atoms with E-state index in [0.29, 0.717) is 23.0 Å². The van der Waals surface area contributed by atoms with E-state index in [1.165, 1.54) is 0 Å². The summed E-state index contributed by atoms with van der Waals surface area (Å²) in [5.41, 5.74) is 1.68. The zero-order valence-corrected chi connectivity index (χ0v) is 14.6. The molecule has 25 heavy (non-hydrogen) atoms. The van der Waals surface area contributed by atoms with E-state index in [1.54, 1.807) is 17.0 Å². The molecule has 0 bridgehead atoms. The molecule has 1 N–H and O–H groups in total.